The summed E-state index contributed by atoms with van der Waals surface area (Å²) >= 11 is 1.72. The Hall–Kier alpha value is -1.76. The van der Waals surface area contributed by atoms with Crippen molar-refractivity contribution in [3.63, 3.8) is 0 Å². The van der Waals surface area contributed by atoms with Gasteiger partial charge in [-0.1, -0.05) is 13.8 Å². The molecule has 1 aliphatic rings. The van der Waals surface area contributed by atoms with Gasteiger partial charge in [-0.15, -0.1) is 11.8 Å². The first-order valence-corrected chi connectivity index (χ1v) is 10.6. The van der Waals surface area contributed by atoms with Crippen LogP contribution in [0.1, 0.15) is 47.5 Å². The summed E-state index contributed by atoms with van der Waals surface area (Å²) in [5.74, 6) is -0.478. The molecule has 0 bridgehead atoms. The van der Waals surface area contributed by atoms with Crippen LogP contribution in [0.4, 0.5) is 9.18 Å². The lowest BCUT2D eigenvalue weighted by Crippen LogP contribution is -2.50. The third-order valence-electron chi connectivity index (χ3n) is 4.43. The number of carbonyl (C=O) groups excluding carboxylic acids is 2. The molecule has 0 aromatic heterocycles. The van der Waals surface area contributed by atoms with Crippen molar-refractivity contribution in [2.75, 3.05) is 13.1 Å². The summed E-state index contributed by atoms with van der Waals surface area (Å²) in [7, 11) is 0. The number of rotatable bonds is 5. The zero-order valence-corrected chi connectivity index (χ0v) is 18.1. The first-order valence-electron chi connectivity index (χ1n) is 9.75. The number of halogens is 1. The molecule has 0 radical (unpaired) electrons. The standard InChI is InChI=1S/C21H31FN2O3S/c1-14(2)18(27-20(26)23-21(3,4)5)19(25)24-12-10-17(11-13-24)28-16-8-6-15(22)7-9-16/h6-9,14,17-18H,10-13H2,1-5H3,(H,23,26)/t18-/m0/s1. The average molecular weight is 411 g/mol. The van der Waals surface area contributed by atoms with Crippen molar-refractivity contribution in [3.8, 4) is 0 Å². The second kappa shape index (κ2) is 9.63. The van der Waals surface area contributed by atoms with Crippen LogP contribution in [0.2, 0.25) is 0 Å². The zero-order chi connectivity index (χ0) is 20.9. The predicted octanol–water partition coefficient (Wildman–Crippen LogP) is 4.46. The zero-order valence-electron chi connectivity index (χ0n) is 17.3. The van der Waals surface area contributed by atoms with Crippen LogP contribution in [0.25, 0.3) is 0 Å². The van der Waals surface area contributed by atoms with Crippen LogP contribution < -0.4 is 5.32 Å². The maximum Gasteiger partial charge on any atom is 0.408 e. The lowest BCUT2D eigenvalue weighted by Gasteiger charge is -2.35. The van der Waals surface area contributed by atoms with Gasteiger partial charge in [0.1, 0.15) is 5.82 Å². The molecule has 1 saturated heterocycles. The molecule has 0 aliphatic carbocycles. The molecule has 2 rings (SSSR count). The van der Waals surface area contributed by atoms with Gasteiger partial charge in [-0.2, -0.15) is 0 Å². The molecule has 1 N–H and O–H groups in total. The number of alkyl carbamates (subject to hydrolysis) is 1. The third kappa shape index (κ3) is 7.00. The van der Waals surface area contributed by atoms with E-state index >= 15 is 0 Å². The van der Waals surface area contributed by atoms with Crippen molar-refractivity contribution >= 4 is 23.8 Å². The Morgan fingerprint density at radius 2 is 1.75 bits per heavy atom. The number of carbonyl (C=O) groups is 2. The van der Waals surface area contributed by atoms with E-state index in [4.69, 9.17) is 4.74 Å². The Bertz CT molecular complexity index is 665. The molecule has 7 heteroatoms. The topological polar surface area (TPSA) is 58.6 Å². The Morgan fingerprint density at radius 1 is 1.18 bits per heavy atom. The number of likely N-dealkylation sites (tertiary alicyclic amines) is 1. The van der Waals surface area contributed by atoms with E-state index in [-0.39, 0.29) is 17.6 Å². The Labute approximate surface area is 171 Å². The minimum atomic E-state index is -0.788. The van der Waals surface area contributed by atoms with Crippen molar-refractivity contribution in [3.05, 3.63) is 30.1 Å². The molecular formula is C21H31FN2O3S. The number of ether oxygens (including phenoxy) is 1. The van der Waals surface area contributed by atoms with Crippen molar-refractivity contribution < 1.29 is 18.7 Å². The van der Waals surface area contributed by atoms with Gasteiger partial charge in [-0.25, -0.2) is 9.18 Å². The van der Waals surface area contributed by atoms with Gasteiger partial charge in [0.15, 0.2) is 6.10 Å². The lowest BCUT2D eigenvalue weighted by molar-refractivity contribution is -0.143. The minimum Gasteiger partial charge on any atom is -0.436 e. The quantitative estimate of drug-likeness (QED) is 0.779. The minimum absolute atomic E-state index is 0.107. The van der Waals surface area contributed by atoms with Gasteiger partial charge in [-0.3, -0.25) is 4.79 Å². The van der Waals surface area contributed by atoms with Gasteiger partial charge >= 0.3 is 6.09 Å². The number of hydrogen-bond donors (Lipinski definition) is 1. The monoisotopic (exact) mass is 410 g/mol. The molecule has 1 fully saturated rings. The Balaban J connectivity index is 1.89. The fourth-order valence-electron chi connectivity index (χ4n) is 3.00. The van der Waals surface area contributed by atoms with Crippen LogP contribution in [0.3, 0.4) is 0 Å². The molecule has 1 aliphatic heterocycles. The molecule has 1 aromatic carbocycles. The van der Waals surface area contributed by atoms with E-state index in [1.807, 2.05) is 34.6 Å². The maximum atomic E-state index is 13.0. The summed E-state index contributed by atoms with van der Waals surface area (Å²) in [6, 6.07) is 6.50. The van der Waals surface area contributed by atoms with Gasteiger partial charge in [0.05, 0.1) is 0 Å². The van der Waals surface area contributed by atoms with E-state index in [1.54, 1.807) is 28.8 Å². The summed E-state index contributed by atoms with van der Waals surface area (Å²) < 4.78 is 18.5. The summed E-state index contributed by atoms with van der Waals surface area (Å²) in [4.78, 5) is 27.8. The van der Waals surface area contributed by atoms with E-state index in [0.29, 0.717) is 18.3 Å². The summed E-state index contributed by atoms with van der Waals surface area (Å²) in [6.45, 7) is 10.6. The van der Waals surface area contributed by atoms with Gasteiger partial charge in [-0.05, 0) is 63.8 Å². The van der Waals surface area contributed by atoms with Crippen LogP contribution in [0, 0.1) is 11.7 Å². The second-order valence-electron chi connectivity index (χ2n) is 8.54. The fourth-order valence-corrected chi connectivity index (χ4v) is 4.13. The number of thioether (sulfide) groups is 1. The molecule has 0 saturated carbocycles. The Kier molecular flexibility index (Phi) is 7.75. The molecule has 1 heterocycles. The van der Waals surface area contributed by atoms with E-state index in [1.165, 1.54) is 12.1 Å². The average Bonchev–Trinajstić information content (AvgIpc) is 2.60. The highest BCUT2D eigenvalue weighted by atomic mass is 32.2. The molecule has 28 heavy (non-hydrogen) atoms. The number of benzene rings is 1. The number of amides is 2. The first-order chi connectivity index (χ1) is 13.0. The molecule has 0 unspecified atom stereocenters. The van der Waals surface area contributed by atoms with Crippen molar-refractivity contribution in [2.24, 2.45) is 5.92 Å². The van der Waals surface area contributed by atoms with Gasteiger partial charge < -0.3 is 15.0 Å². The number of nitrogens with zero attached hydrogens (tertiary/aromatic N) is 1. The SMILES string of the molecule is CC(C)[C@H](OC(=O)NC(C)(C)C)C(=O)N1CCC(Sc2ccc(F)cc2)CC1. The summed E-state index contributed by atoms with van der Waals surface area (Å²) in [6.07, 6.45) is 0.351. The van der Waals surface area contributed by atoms with E-state index in [2.05, 4.69) is 5.32 Å². The predicted molar refractivity (Wildman–Crippen MR) is 110 cm³/mol. The number of nitrogens with one attached hydrogen (secondary N) is 1. The van der Waals surface area contributed by atoms with Crippen LogP contribution in [0.5, 0.6) is 0 Å². The second-order valence-corrected chi connectivity index (χ2v) is 9.92. The highest BCUT2D eigenvalue weighted by Crippen LogP contribution is 2.31. The fraction of sp³-hybridized carbons (Fsp3) is 0.619. The summed E-state index contributed by atoms with van der Waals surface area (Å²) in [5, 5.41) is 3.12. The largest absolute Gasteiger partial charge is 0.436 e. The van der Waals surface area contributed by atoms with E-state index in [0.717, 1.165) is 17.7 Å². The molecule has 0 spiro atoms. The summed E-state index contributed by atoms with van der Waals surface area (Å²) in [5.41, 5.74) is -0.419. The van der Waals surface area contributed by atoms with Crippen LogP contribution in [-0.2, 0) is 9.53 Å². The molecule has 2 amide bonds. The normalized spacial score (nSPS) is 16.8. The van der Waals surface area contributed by atoms with Crippen LogP contribution in [-0.4, -0.2) is 46.9 Å². The third-order valence-corrected chi connectivity index (χ3v) is 5.78. The van der Waals surface area contributed by atoms with Crippen molar-refractivity contribution in [1.82, 2.24) is 10.2 Å². The Morgan fingerprint density at radius 3 is 2.25 bits per heavy atom. The molecular weight excluding hydrogens is 379 g/mol. The van der Waals surface area contributed by atoms with E-state index < -0.39 is 17.7 Å². The van der Waals surface area contributed by atoms with Crippen molar-refractivity contribution in [2.45, 2.75) is 69.2 Å². The molecule has 1 aromatic rings. The van der Waals surface area contributed by atoms with Crippen LogP contribution in [0.15, 0.2) is 29.2 Å². The van der Waals surface area contributed by atoms with E-state index in [9.17, 15) is 14.0 Å². The number of hydrogen-bond acceptors (Lipinski definition) is 4. The van der Waals surface area contributed by atoms with Gasteiger partial charge in [0.2, 0.25) is 0 Å². The van der Waals surface area contributed by atoms with Crippen molar-refractivity contribution in [1.29, 1.82) is 0 Å². The highest BCUT2D eigenvalue weighted by molar-refractivity contribution is 8.00. The molecule has 1 atom stereocenters. The molecule has 5 nitrogen and oxygen atoms in total. The van der Waals surface area contributed by atoms with Crippen LogP contribution >= 0.6 is 11.8 Å². The molecule has 156 valence electrons. The first kappa shape index (κ1) is 22.5. The maximum absolute atomic E-state index is 13.0. The number of piperidine rings is 1. The smallest absolute Gasteiger partial charge is 0.408 e. The lowest BCUT2D eigenvalue weighted by atomic mass is 10.0. The highest BCUT2D eigenvalue weighted by Gasteiger charge is 2.33. The van der Waals surface area contributed by atoms with Gasteiger partial charge in [0.25, 0.3) is 5.91 Å². The van der Waals surface area contributed by atoms with Gasteiger partial charge in [0, 0.05) is 28.8 Å².